The van der Waals surface area contributed by atoms with Crippen LogP contribution in [0.1, 0.15) is 19.6 Å². The predicted octanol–water partition coefficient (Wildman–Crippen LogP) is -1.58. The Morgan fingerprint density at radius 3 is 2.18 bits per heavy atom. The van der Waals surface area contributed by atoms with Gasteiger partial charge in [-0.3, -0.25) is 18.4 Å². The van der Waals surface area contributed by atoms with E-state index in [1.54, 1.807) is 6.08 Å². The summed E-state index contributed by atoms with van der Waals surface area (Å²) in [7, 11) is -10.7. The Labute approximate surface area is 248 Å². The lowest BCUT2D eigenvalue weighted by Gasteiger charge is -2.28. The van der Waals surface area contributed by atoms with Crippen LogP contribution in [0.2, 0.25) is 0 Å². The van der Waals surface area contributed by atoms with Crippen LogP contribution in [-0.4, -0.2) is 116 Å². The molecule has 10 atom stereocenters. The summed E-state index contributed by atoms with van der Waals surface area (Å²) in [6.45, 7) is -0.389. The quantitative estimate of drug-likeness (QED) is 0.133. The van der Waals surface area contributed by atoms with Crippen LogP contribution in [0.4, 0.5) is 5.82 Å². The van der Waals surface area contributed by atoms with Crippen molar-refractivity contribution in [2.75, 3.05) is 18.9 Å². The minimum Gasteiger partial charge on any atom is -0.387 e. The SMILES string of the molecule is CC(=O)C1=CN(C2OC(COP(=O)(O)OP(=O)(O)OCC3OC(n4cnc5c(N)ncnc54)C(O)C3O)C(O)C2O)C=CC1. The lowest BCUT2D eigenvalue weighted by molar-refractivity contribution is -0.114. The van der Waals surface area contributed by atoms with Crippen LogP contribution in [0.25, 0.3) is 11.2 Å². The molecule has 242 valence electrons. The molecule has 0 amide bonds. The van der Waals surface area contributed by atoms with Crippen LogP contribution in [0.5, 0.6) is 0 Å². The molecule has 3 aliphatic rings. The topological polar surface area (TPSA) is 292 Å². The molecule has 8 N–H and O–H groups in total. The third kappa shape index (κ3) is 6.77. The third-order valence-corrected chi connectivity index (χ3v) is 9.61. The number of fused-ring (bicyclic) bond motifs is 1. The number of allylic oxidation sites excluding steroid dienone is 2. The van der Waals surface area contributed by atoms with Gasteiger partial charge in [-0.15, -0.1) is 0 Å². The van der Waals surface area contributed by atoms with Crippen molar-refractivity contribution in [3.63, 3.8) is 0 Å². The summed E-state index contributed by atoms with van der Waals surface area (Å²) in [6, 6.07) is 0. The van der Waals surface area contributed by atoms with Crippen molar-refractivity contribution in [1.82, 2.24) is 24.4 Å². The Morgan fingerprint density at radius 2 is 1.57 bits per heavy atom. The molecule has 0 spiro atoms. The number of phosphoric ester groups is 2. The van der Waals surface area contributed by atoms with E-state index in [2.05, 4.69) is 19.3 Å². The van der Waals surface area contributed by atoms with Crippen molar-refractivity contribution in [1.29, 1.82) is 0 Å². The van der Waals surface area contributed by atoms with E-state index in [1.807, 2.05) is 0 Å². The van der Waals surface area contributed by atoms with E-state index >= 15 is 0 Å². The van der Waals surface area contributed by atoms with Gasteiger partial charge in [0, 0.05) is 18.0 Å². The first-order valence-corrected chi connectivity index (χ1v) is 15.9. The van der Waals surface area contributed by atoms with Gasteiger partial charge in [0.2, 0.25) is 0 Å². The molecule has 0 aromatic carbocycles. The summed E-state index contributed by atoms with van der Waals surface area (Å²) in [4.78, 5) is 45.0. The van der Waals surface area contributed by atoms with Crippen LogP contribution in [0, 0.1) is 0 Å². The second-order valence-corrected chi connectivity index (χ2v) is 13.1. The fourth-order valence-electron chi connectivity index (χ4n) is 4.75. The van der Waals surface area contributed by atoms with Crippen LogP contribution < -0.4 is 5.73 Å². The Morgan fingerprint density at radius 1 is 0.977 bits per heavy atom. The molecule has 5 heterocycles. The summed E-state index contributed by atoms with van der Waals surface area (Å²) in [5.41, 5.74) is 6.54. The van der Waals surface area contributed by atoms with Gasteiger partial charge >= 0.3 is 15.6 Å². The second-order valence-electron chi connectivity index (χ2n) is 10.0. The summed E-state index contributed by atoms with van der Waals surface area (Å²) in [5.74, 6) is -0.154. The van der Waals surface area contributed by atoms with E-state index in [4.69, 9.17) is 24.3 Å². The molecule has 10 unspecified atom stereocenters. The molecule has 2 aromatic heterocycles. The molecule has 2 fully saturated rings. The van der Waals surface area contributed by atoms with E-state index in [0.29, 0.717) is 12.0 Å². The average Bonchev–Trinajstić information content (AvgIpc) is 3.61. The minimum absolute atomic E-state index is 0.0558. The highest BCUT2D eigenvalue weighted by atomic mass is 31.3. The lowest BCUT2D eigenvalue weighted by atomic mass is 10.1. The number of rotatable bonds is 11. The molecule has 0 aliphatic carbocycles. The van der Waals surface area contributed by atoms with Gasteiger partial charge in [-0.25, -0.2) is 24.1 Å². The van der Waals surface area contributed by atoms with Crippen molar-refractivity contribution in [3.05, 3.63) is 36.7 Å². The van der Waals surface area contributed by atoms with Crippen LogP contribution in [-0.2, 0) is 36.8 Å². The van der Waals surface area contributed by atoms with Crippen LogP contribution in [0.3, 0.4) is 0 Å². The first kappa shape index (κ1) is 32.7. The molecule has 2 aromatic rings. The van der Waals surface area contributed by atoms with E-state index in [1.165, 1.54) is 35.1 Å². The summed E-state index contributed by atoms with van der Waals surface area (Å²) in [5, 5.41) is 41.7. The number of imidazole rings is 1. The van der Waals surface area contributed by atoms with Gasteiger partial charge in [0.05, 0.1) is 19.5 Å². The molecule has 0 radical (unpaired) electrons. The number of aromatic nitrogens is 4. The molecular weight excluding hydrogens is 634 g/mol. The zero-order chi connectivity index (χ0) is 32.0. The normalized spacial score (nSPS) is 33.3. The Balaban J connectivity index is 1.15. The number of Topliss-reactive ketones (excluding diaryl/α,β-unsaturated/α-hetero) is 1. The Hall–Kier alpha value is -2.68. The van der Waals surface area contributed by atoms with Crippen molar-refractivity contribution in [2.45, 2.75) is 62.4 Å². The lowest BCUT2D eigenvalue weighted by Crippen LogP contribution is -2.40. The number of carbonyl (C=O) groups excluding carboxylic acids is 1. The zero-order valence-electron chi connectivity index (χ0n) is 22.8. The smallest absolute Gasteiger partial charge is 0.387 e. The first-order chi connectivity index (χ1) is 20.7. The monoisotopic (exact) mass is 664 g/mol. The fourth-order valence-corrected chi connectivity index (χ4v) is 6.84. The van der Waals surface area contributed by atoms with Crippen LogP contribution >= 0.6 is 15.6 Å². The number of aliphatic hydroxyl groups is 4. The maximum atomic E-state index is 12.4. The molecule has 0 bridgehead atoms. The predicted molar refractivity (Wildman–Crippen MR) is 143 cm³/mol. The van der Waals surface area contributed by atoms with Crippen molar-refractivity contribution in [2.24, 2.45) is 0 Å². The van der Waals surface area contributed by atoms with E-state index in [-0.39, 0.29) is 22.8 Å². The van der Waals surface area contributed by atoms with Gasteiger partial charge in [-0.1, -0.05) is 6.08 Å². The maximum absolute atomic E-state index is 12.4. The minimum atomic E-state index is -5.35. The number of ether oxygens (including phenoxy) is 2. The largest absolute Gasteiger partial charge is 0.481 e. The van der Waals surface area contributed by atoms with Crippen molar-refractivity contribution in [3.8, 4) is 0 Å². The maximum Gasteiger partial charge on any atom is 0.481 e. The number of hydrogen-bond donors (Lipinski definition) is 7. The third-order valence-electron chi connectivity index (χ3n) is 7.01. The molecule has 5 rings (SSSR count). The molecule has 44 heavy (non-hydrogen) atoms. The molecule has 2 saturated heterocycles. The summed E-state index contributed by atoms with van der Waals surface area (Å²) in [6.07, 6.45) is -4.30. The van der Waals surface area contributed by atoms with Gasteiger partial charge in [0.15, 0.2) is 29.7 Å². The number of carbonyl (C=O) groups is 1. The van der Waals surface area contributed by atoms with Crippen molar-refractivity contribution < 1.29 is 67.0 Å². The molecule has 0 saturated carbocycles. The number of anilines is 1. The van der Waals surface area contributed by atoms with Gasteiger partial charge < -0.3 is 50.3 Å². The van der Waals surface area contributed by atoms with Gasteiger partial charge in [-0.2, -0.15) is 4.31 Å². The van der Waals surface area contributed by atoms with E-state index in [9.17, 15) is 44.1 Å². The van der Waals surface area contributed by atoms with Crippen LogP contribution in [0.15, 0.2) is 36.7 Å². The fraction of sp³-hybridized carbons (Fsp3) is 0.545. The summed E-state index contributed by atoms with van der Waals surface area (Å²) < 4.78 is 50.9. The molecule has 20 nitrogen and oxygen atoms in total. The highest BCUT2D eigenvalue weighted by Crippen LogP contribution is 2.60. The average molecular weight is 664 g/mol. The molecular formula is C22H30N6O14P2. The Kier molecular flexibility index (Phi) is 9.37. The standard InChI is InChI=1S/C22H30N6O14P2/c1-10(29)11-3-2-4-27(5-11)21-17(32)15(30)12(40-21)6-38-43(34,35)42-44(36,37)39-7-13-16(31)18(33)22(41-13)28-9-26-14-19(23)24-8-25-20(14)28/h2,4-5,8-9,12-13,15-18,21-22,30-33H,3,6-7H2,1H3,(H,34,35)(H,36,37)(H2,23,24,25). The van der Waals surface area contributed by atoms with E-state index < -0.39 is 77.9 Å². The molecule has 22 heteroatoms. The number of phosphoric acid groups is 2. The van der Waals surface area contributed by atoms with Crippen molar-refractivity contribution >= 4 is 38.4 Å². The number of hydrogen-bond acceptors (Lipinski definition) is 17. The number of nitrogens with two attached hydrogens (primary N) is 1. The Bertz CT molecular complexity index is 1550. The number of nitrogen functional groups attached to an aromatic ring is 1. The van der Waals surface area contributed by atoms with Gasteiger partial charge in [0.1, 0.15) is 48.5 Å². The molecule has 3 aliphatic heterocycles. The first-order valence-electron chi connectivity index (χ1n) is 13.0. The summed E-state index contributed by atoms with van der Waals surface area (Å²) >= 11 is 0. The highest BCUT2D eigenvalue weighted by Gasteiger charge is 2.48. The second kappa shape index (κ2) is 12.6. The van der Waals surface area contributed by atoms with E-state index in [0.717, 1.165) is 6.33 Å². The van der Waals surface area contributed by atoms with Gasteiger partial charge in [0.25, 0.3) is 0 Å². The highest BCUT2D eigenvalue weighted by molar-refractivity contribution is 7.61. The van der Waals surface area contributed by atoms with Gasteiger partial charge in [-0.05, 0) is 13.3 Å². The zero-order valence-corrected chi connectivity index (χ0v) is 24.6. The number of aliphatic hydroxyl groups excluding tert-OH is 4. The number of ketones is 1. The number of nitrogens with zero attached hydrogens (tertiary/aromatic N) is 5.